The van der Waals surface area contributed by atoms with Crippen LogP contribution in [0.25, 0.3) is 0 Å². The molecule has 2 atom stereocenters. The zero-order valence-electron chi connectivity index (χ0n) is 9.39. The minimum Gasteiger partial charge on any atom is -0.506 e. The second-order valence-electron chi connectivity index (χ2n) is 4.18. The molecule has 1 fully saturated rings. The number of aliphatic hydroxyl groups excluding tert-OH is 2. The van der Waals surface area contributed by atoms with Gasteiger partial charge in [0, 0.05) is 13.1 Å². The number of nitrogen functional groups attached to an aromatic ring is 1. The van der Waals surface area contributed by atoms with E-state index in [2.05, 4.69) is 0 Å². The molecule has 2 rings (SSSR count). The maximum Gasteiger partial charge on any atom is 0.243 e. The highest BCUT2D eigenvalue weighted by Crippen LogP contribution is 2.27. The molecule has 0 bridgehead atoms. The molecule has 100 valence electrons. The minimum absolute atomic E-state index is 0.0450. The summed E-state index contributed by atoms with van der Waals surface area (Å²) in [7, 11) is -3.82. The first-order chi connectivity index (χ1) is 8.32. The van der Waals surface area contributed by atoms with Crippen molar-refractivity contribution >= 4 is 15.7 Å². The van der Waals surface area contributed by atoms with E-state index < -0.39 is 22.2 Å². The van der Waals surface area contributed by atoms with E-state index >= 15 is 0 Å². The molecular weight excluding hydrogens is 260 g/mol. The van der Waals surface area contributed by atoms with E-state index in [1.54, 1.807) is 0 Å². The molecule has 1 saturated heterocycles. The molecule has 1 aliphatic rings. The van der Waals surface area contributed by atoms with E-state index in [0.717, 1.165) is 10.4 Å². The molecule has 1 heterocycles. The van der Waals surface area contributed by atoms with Gasteiger partial charge in [0.2, 0.25) is 10.0 Å². The smallest absolute Gasteiger partial charge is 0.243 e. The molecule has 0 aliphatic carbocycles. The van der Waals surface area contributed by atoms with Crippen LogP contribution in [-0.4, -0.2) is 53.3 Å². The van der Waals surface area contributed by atoms with Gasteiger partial charge in [0.1, 0.15) is 5.75 Å². The molecular formula is C10H14N2O5S. The molecule has 0 aromatic heterocycles. The van der Waals surface area contributed by atoms with Gasteiger partial charge in [-0.1, -0.05) is 0 Å². The summed E-state index contributed by atoms with van der Waals surface area (Å²) in [6.07, 6.45) is -2.18. The van der Waals surface area contributed by atoms with E-state index in [-0.39, 0.29) is 29.4 Å². The number of rotatable bonds is 2. The van der Waals surface area contributed by atoms with Crippen LogP contribution in [0, 0.1) is 0 Å². The third-order valence-corrected chi connectivity index (χ3v) is 4.69. The SMILES string of the molecule is Nc1cc(S(=O)(=O)N2CC(O)C(O)C2)ccc1O. The van der Waals surface area contributed by atoms with Crippen LogP contribution in [0.3, 0.4) is 0 Å². The van der Waals surface area contributed by atoms with E-state index in [0.29, 0.717) is 0 Å². The highest BCUT2D eigenvalue weighted by atomic mass is 32.2. The average molecular weight is 274 g/mol. The third-order valence-electron chi connectivity index (χ3n) is 2.86. The van der Waals surface area contributed by atoms with Gasteiger partial charge in [0.25, 0.3) is 0 Å². The lowest BCUT2D eigenvalue weighted by molar-refractivity contribution is 0.0572. The number of nitrogens with two attached hydrogens (primary N) is 1. The maximum atomic E-state index is 12.2. The maximum absolute atomic E-state index is 12.2. The number of phenolic OH excluding ortho intramolecular Hbond substituents is 1. The largest absolute Gasteiger partial charge is 0.506 e. The molecule has 0 saturated carbocycles. The number of hydrogen-bond donors (Lipinski definition) is 4. The number of aliphatic hydroxyl groups is 2. The summed E-state index contributed by atoms with van der Waals surface area (Å²) in [6, 6.07) is 3.55. The van der Waals surface area contributed by atoms with Gasteiger partial charge in [-0.25, -0.2) is 8.42 Å². The molecule has 1 aromatic carbocycles. The van der Waals surface area contributed by atoms with E-state index in [9.17, 15) is 23.7 Å². The highest BCUT2D eigenvalue weighted by molar-refractivity contribution is 7.89. The van der Waals surface area contributed by atoms with E-state index in [1.165, 1.54) is 12.1 Å². The van der Waals surface area contributed by atoms with Crippen LogP contribution in [-0.2, 0) is 10.0 Å². The van der Waals surface area contributed by atoms with Gasteiger partial charge < -0.3 is 21.1 Å². The lowest BCUT2D eigenvalue weighted by Crippen LogP contribution is -2.30. The Labute approximate surface area is 104 Å². The molecule has 2 unspecified atom stereocenters. The van der Waals surface area contributed by atoms with Gasteiger partial charge in [-0.05, 0) is 18.2 Å². The highest BCUT2D eigenvalue weighted by Gasteiger charge is 2.37. The summed E-state index contributed by atoms with van der Waals surface area (Å²) >= 11 is 0. The molecule has 8 heteroatoms. The first-order valence-electron chi connectivity index (χ1n) is 5.27. The number of aromatic hydroxyl groups is 1. The van der Waals surface area contributed by atoms with Crippen molar-refractivity contribution < 1.29 is 23.7 Å². The number of anilines is 1. The zero-order valence-corrected chi connectivity index (χ0v) is 10.2. The van der Waals surface area contributed by atoms with Crippen LogP contribution in [0.4, 0.5) is 5.69 Å². The number of nitrogens with zero attached hydrogens (tertiary/aromatic N) is 1. The van der Waals surface area contributed by atoms with E-state index in [1.807, 2.05) is 0 Å². The predicted octanol–water partition coefficient (Wildman–Crippen LogP) is -1.30. The van der Waals surface area contributed by atoms with Crippen LogP contribution < -0.4 is 5.73 Å². The van der Waals surface area contributed by atoms with Gasteiger partial charge in [-0.3, -0.25) is 0 Å². The fraction of sp³-hybridized carbons (Fsp3) is 0.400. The van der Waals surface area contributed by atoms with E-state index in [4.69, 9.17) is 5.73 Å². The van der Waals surface area contributed by atoms with Gasteiger partial charge in [-0.15, -0.1) is 0 Å². The Hall–Kier alpha value is -1.35. The quantitative estimate of drug-likeness (QED) is 0.392. The van der Waals surface area contributed by atoms with Crippen molar-refractivity contribution in [2.75, 3.05) is 18.8 Å². The molecule has 0 spiro atoms. The lowest BCUT2D eigenvalue weighted by Gasteiger charge is -2.16. The van der Waals surface area contributed by atoms with Crippen LogP contribution in [0.1, 0.15) is 0 Å². The molecule has 7 nitrogen and oxygen atoms in total. The summed E-state index contributed by atoms with van der Waals surface area (Å²) in [5.74, 6) is -0.199. The van der Waals surface area contributed by atoms with Crippen molar-refractivity contribution in [2.24, 2.45) is 0 Å². The van der Waals surface area contributed by atoms with Crippen molar-refractivity contribution in [2.45, 2.75) is 17.1 Å². The van der Waals surface area contributed by atoms with Crippen molar-refractivity contribution in [1.82, 2.24) is 4.31 Å². The topological polar surface area (TPSA) is 124 Å². The first kappa shape index (κ1) is 13.1. The Balaban J connectivity index is 2.34. The number of hydrogen-bond acceptors (Lipinski definition) is 6. The second-order valence-corrected chi connectivity index (χ2v) is 6.12. The van der Waals surface area contributed by atoms with Gasteiger partial charge in [0.05, 0.1) is 22.8 Å². The zero-order chi connectivity index (χ0) is 13.5. The molecule has 5 N–H and O–H groups in total. The summed E-state index contributed by atoms with van der Waals surface area (Å²) in [4.78, 5) is -0.0842. The fourth-order valence-corrected chi connectivity index (χ4v) is 3.29. The fourth-order valence-electron chi connectivity index (χ4n) is 1.77. The van der Waals surface area contributed by atoms with Crippen molar-refractivity contribution in [3.05, 3.63) is 18.2 Å². The van der Waals surface area contributed by atoms with Crippen LogP contribution in [0.15, 0.2) is 23.1 Å². The standard InChI is InChI=1S/C10H14N2O5S/c11-7-3-6(1-2-8(7)13)18(16,17)12-4-9(14)10(15)5-12/h1-3,9-10,13-15H,4-5,11H2. The Morgan fingerprint density at radius 2 is 1.78 bits per heavy atom. The van der Waals surface area contributed by atoms with Crippen molar-refractivity contribution in [3.8, 4) is 5.75 Å². The Kier molecular flexibility index (Phi) is 3.20. The molecule has 18 heavy (non-hydrogen) atoms. The normalized spacial score (nSPS) is 25.4. The number of β-amino-alcohol motifs (C(OH)–C–C–N with tert-alkyl or cyclic N) is 2. The first-order valence-corrected chi connectivity index (χ1v) is 6.71. The van der Waals surface area contributed by atoms with Gasteiger partial charge in [-0.2, -0.15) is 4.31 Å². The number of sulfonamides is 1. The lowest BCUT2D eigenvalue weighted by atomic mass is 10.3. The summed E-state index contributed by atoms with van der Waals surface area (Å²) < 4.78 is 25.3. The van der Waals surface area contributed by atoms with Crippen molar-refractivity contribution in [1.29, 1.82) is 0 Å². The third kappa shape index (κ3) is 2.15. The molecule has 1 aliphatic heterocycles. The molecule has 0 amide bonds. The second kappa shape index (κ2) is 4.39. The van der Waals surface area contributed by atoms with Gasteiger partial charge in [0.15, 0.2) is 0 Å². The number of phenols is 1. The Morgan fingerprint density at radius 3 is 2.28 bits per heavy atom. The predicted molar refractivity (Wildman–Crippen MR) is 63.3 cm³/mol. The van der Waals surface area contributed by atoms with Gasteiger partial charge >= 0.3 is 0 Å². The Bertz CT molecular complexity index is 549. The van der Waals surface area contributed by atoms with Crippen molar-refractivity contribution in [3.63, 3.8) is 0 Å². The average Bonchev–Trinajstić information content (AvgIpc) is 2.64. The molecule has 1 aromatic rings. The van der Waals surface area contributed by atoms with Crippen LogP contribution in [0.5, 0.6) is 5.75 Å². The monoisotopic (exact) mass is 274 g/mol. The number of benzene rings is 1. The van der Waals surface area contributed by atoms with Crippen LogP contribution in [0.2, 0.25) is 0 Å². The summed E-state index contributed by atoms with van der Waals surface area (Å²) in [5, 5.41) is 28.0. The van der Waals surface area contributed by atoms with Crippen LogP contribution >= 0.6 is 0 Å². The summed E-state index contributed by atoms with van der Waals surface area (Å²) in [6.45, 7) is -0.325. The summed E-state index contributed by atoms with van der Waals surface area (Å²) in [5.41, 5.74) is 5.39. The Morgan fingerprint density at radius 1 is 1.22 bits per heavy atom. The minimum atomic E-state index is -3.82. The molecule has 0 radical (unpaired) electrons.